The fraction of sp³-hybridized carbons (Fsp3) is 0.846. The standard InChI is InChI=1S/C13H23N3O/c1-3-8-14-9-7-12-15-16-13(17-12)11-6-4-5-10(11)2/h10-11,14H,3-9H2,1-2H3. The Hall–Kier alpha value is -0.900. The highest BCUT2D eigenvalue weighted by Gasteiger charge is 2.29. The van der Waals surface area contributed by atoms with E-state index in [1.807, 2.05) is 0 Å². The lowest BCUT2D eigenvalue weighted by Gasteiger charge is -2.09. The van der Waals surface area contributed by atoms with Gasteiger partial charge < -0.3 is 9.73 Å². The van der Waals surface area contributed by atoms with Crippen molar-refractivity contribution in [1.29, 1.82) is 0 Å². The van der Waals surface area contributed by atoms with Crippen molar-refractivity contribution >= 4 is 0 Å². The molecule has 1 saturated carbocycles. The van der Waals surface area contributed by atoms with Crippen LogP contribution >= 0.6 is 0 Å². The van der Waals surface area contributed by atoms with Crippen molar-refractivity contribution < 1.29 is 4.42 Å². The Balaban J connectivity index is 1.83. The molecule has 0 aliphatic heterocycles. The van der Waals surface area contributed by atoms with E-state index in [1.165, 1.54) is 19.3 Å². The Labute approximate surface area is 103 Å². The summed E-state index contributed by atoms with van der Waals surface area (Å²) in [5, 5.41) is 11.7. The van der Waals surface area contributed by atoms with E-state index in [-0.39, 0.29) is 0 Å². The Morgan fingerprint density at radius 2 is 2.18 bits per heavy atom. The Kier molecular flexibility index (Phi) is 4.54. The number of nitrogens with zero attached hydrogens (tertiary/aromatic N) is 2. The van der Waals surface area contributed by atoms with E-state index in [2.05, 4.69) is 29.4 Å². The smallest absolute Gasteiger partial charge is 0.219 e. The molecule has 1 aliphatic carbocycles. The summed E-state index contributed by atoms with van der Waals surface area (Å²) in [5.74, 6) is 2.84. The van der Waals surface area contributed by atoms with Crippen LogP contribution in [0.2, 0.25) is 0 Å². The highest BCUT2D eigenvalue weighted by Crippen LogP contribution is 2.38. The molecule has 17 heavy (non-hydrogen) atoms. The Bertz CT molecular complexity index is 337. The van der Waals surface area contributed by atoms with E-state index in [0.29, 0.717) is 11.8 Å². The second-order valence-corrected chi connectivity index (χ2v) is 5.05. The van der Waals surface area contributed by atoms with Crippen LogP contribution in [0.25, 0.3) is 0 Å². The van der Waals surface area contributed by atoms with Crippen LogP contribution in [0.1, 0.15) is 57.2 Å². The monoisotopic (exact) mass is 237 g/mol. The number of hydrogen-bond donors (Lipinski definition) is 1. The van der Waals surface area contributed by atoms with Crippen molar-refractivity contribution in [3.05, 3.63) is 11.8 Å². The quantitative estimate of drug-likeness (QED) is 0.772. The van der Waals surface area contributed by atoms with Gasteiger partial charge in [0.05, 0.1) is 0 Å². The van der Waals surface area contributed by atoms with Gasteiger partial charge in [0.2, 0.25) is 11.8 Å². The first-order valence-corrected chi connectivity index (χ1v) is 6.84. The van der Waals surface area contributed by atoms with Crippen LogP contribution in [-0.2, 0) is 6.42 Å². The molecule has 1 aromatic heterocycles. The molecule has 0 amide bonds. The summed E-state index contributed by atoms with van der Waals surface area (Å²) in [6.07, 6.45) is 5.79. The van der Waals surface area contributed by atoms with E-state index in [9.17, 15) is 0 Å². The molecule has 1 fully saturated rings. The maximum Gasteiger partial charge on any atom is 0.219 e. The molecule has 1 heterocycles. The van der Waals surface area contributed by atoms with Crippen LogP contribution in [0, 0.1) is 5.92 Å². The average molecular weight is 237 g/mol. The molecule has 0 aromatic carbocycles. The molecule has 2 atom stereocenters. The van der Waals surface area contributed by atoms with E-state index >= 15 is 0 Å². The first-order valence-electron chi connectivity index (χ1n) is 6.84. The van der Waals surface area contributed by atoms with E-state index in [0.717, 1.165) is 37.7 Å². The third-order valence-electron chi connectivity index (χ3n) is 3.60. The van der Waals surface area contributed by atoms with Crippen LogP contribution in [0.4, 0.5) is 0 Å². The van der Waals surface area contributed by atoms with Crippen molar-refractivity contribution in [1.82, 2.24) is 15.5 Å². The lowest BCUT2D eigenvalue weighted by Crippen LogP contribution is -2.17. The van der Waals surface area contributed by atoms with Gasteiger partial charge in [0.25, 0.3) is 0 Å². The SMILES string of the molecule is CCCNCCc1nnc(C2CCCC2C)o1. The number of hydrogen-bond acceptors (Lipinski definition) is 4. The molecule has 0 spiro atoms. The van der Waals surface area contributed by atoms with Gasteiger partial charge >= 0.3 is 0 Å². The predicted molar refractivity (Wildman–Crippen MR) is 66.9 cm³/mol. The van der Waals surface area contributed by atoms with Gasteiger partial charge in [0, 0.05) is 18.9 Å². The van der Waals surface area contributed by atoms with Crippen molar-refractivity contribution in [2.75, 3.05) is 13.1 Å². The van der Waals surface area contributed by atoms with E-state index in [1.54, 1.807) is 0 Å². The number of rotatable bonds is 6. The molecular formula is C13H23N3O. The second-order valence-electron chi connectivity index (χ2n) is 5.05. The summed E-state index contributed by atoms with van der Waals surface area (Å²) >= 11 is 0. The molecule has 0 saturated heterocycles. The van der Waals surface area contributed by atoms with Crippen LogP contribution < -0.4 is 5.32 Å². The van der Waals surface area contributed by atoms with Gasteiger partial charge in [0.15, 0.2) is 0 Å². The molecule has 4 nitrogen and oxygen atoms in total. The fourth-order valence-electron chi connectivity index (χ4n) is 2.53. The normalized spacial score (nSPS) is 24.4. The first kappa shape index (κ1) is 12.6. The van der Waals surface area contributed by atoms with Gasteiger partial charge in [-0.15, -0.1) is 10.2 Å². The van der Waals surface area contributed by atoms with Gasteiger partial charge in [-0.1, -0.05) is 20.3 Å². The van der Waals surface area contributed by atoms with Crippen LogP contribution in [0.3, 0.4) is 0 Å². The molecule has 2 unspecified atom stereocenters. The molecule has 1 N–H and O–H groups in total. The van der Waals surface area contributed by atoms with Crippen LogP contribution in [-0.4, -0.2) is 23.3 Å². The van der Waals surface area contributed by atoms with Gasteiger partial charge in [-0.2, -0.15) is 0 Å². The maximum absolute atomic E-state index is 5.76. The lowest BCUT2D eigenvalue weighted by atomic mass is 9.98. The number of aromatic nitrogens is 2. The van der Waals surface area contributed by atoms with Crippen molar-refractivity contribution in [2.45, 2.75) is 51.9 Å². The summed E-state index contributed by atoms with van der Waals surface area (Å²) in [6, 6.07) is 0. The van der Waals surface area contributed by atoms with Crippen molar-refractivity contribution in [3.63, 3.8) is 0 Å². The Morgan fingerprint density at radius 3 is 2.88 bits per heavy atom. The average Bonchev–Trinajstić information content (AvgIpc) is 2.93. The van der Waals surface area contributed by atoms with E-state index < -0.39 is 0 Å². The highest BCUT2D eigenvalue weighted by atomic mass is 16.4. The van der Waals surface area contributed by atoms with Gasteiger partial charge in [0.1, 0.15) is 0 Å². The largest absolute Gasteiger partial charge is 0.425 e. The highest BCUT2D eigenvalue weighted by molar-refractivity contribution is 4.97. The van der Waals surface area contributed by atoms with Gasteiger partial charge in [-0.05, 0) is 31.7 Å². The topological polar surface area (TPSA) is 51.0 Å². The molecule has 1 aromatic rings. The Morgan fingerprint density at radius 1 is 1.29 bits per heavy atom. The summed E-state index contributed by atoms with van der Waals surface area (Å²) in [7, 11) is 0. The van der Waals surface area contributed by atoms with E-state index in [4.69, 9.17) is 4.42 Å². The van der Waals surface area contributed by atoms with Gasteiger partial charge in [-0.3, -0.25) is 0 Å². The molecule has 96 valence electrons. The second kappa shape index (κ2) is 6.15. The summed E-state index contributed by atoms with van der Waals surface area (Å²) in [4.78, 5) is 0. The zero-order chi connectivity index (χ0) is 12.1. The van der Waals surface area contributed by atoms with Crippen LogP contribution in [0.5, 0.6) is 0 Å². The molecule has 0 bridgehead atoms. The molecule has 0 radical (unpaired) electrons. The summed E-state index contributed by atoms with van der Waals surface area (Å²) in [6.45, 7) is 6.43. The fourth-order valence-corrected chi connectivity index (χ4v) is 2.53. The third kappa shape index (κ3) is 3.28. The first-order chi connectivity index (χ1) is 8.31. The lowest BCUT2D eigenvalue weighted by molar-refractivity contribution is 0.378. The van der Waals surface area contributed by atoms with Gasteiger partial charge in [-0.25, -0.2) is 0 Å². The molecule has 2 rings (SSSR count). The number of nitrogens with one attached hydrogen (secondary N) is 1. The maximum atomic E-state index is 5.76. The van der Waals surface area contributed by atoms with Crippen molar-refractivity contribution in [3.8, 4) is 0 Å². The van der Waals surface area contributed by atoms with Crippen molar-refractivity contribution in [2.24, 2.45) is 5.92 Å². The summed E-state index contributed by atoms with van der Waals surface area (Å²) < 4.78 is 5.76. The minimum atomic E-state index is 0.500. The molecular weight excluding hydrogens is 214 g/mol. The minimum absolute atomic E-state index is 0.500. The zero-order valence-corrected chi connectivity index (χ0v) is 10.9. The van der Waals surface area contributed by atoms with Crippen LogP contribution in [0.15, 0.2) is 4.42 Å². The minimum Gasteiger partial charge on any atom is -0.425 e. The summed E-state index contributed by atoms with van der Waals surface area (Å²) in [5.41, 5.74) is 0. The predicted octanol–water partition coefficient (Wildman–Crippen LogP) is 2.52. The third-order valence-corrected chi connectivity index (χ3v) is 3.60. The molecule has 1 aliphatic rings. The molecule has 4 heteroatoms. The zero-order valence-electron chi connectivity index (χ0n) is 10.9.